The molecule has 4 nitrogen and oxygen atoms in total. The molecule has 0 aliphatic heterocycles. The van der Waals surface area contributed by atoms with E-state index >= 15 is 0 Å². The number of hydrogen-bond donors (Lipinski definition) is 2. The van der Waals surface area contributed by atoms with Gasteiger partial charge in [0.15, 0.2) is 0 Å². The lowest BCUT2D eigenvalue weighted by Crippen LogP contribution is -2.46. The van der Waals surface area contributed by atoms with Crippen LogP contribution in [0.2, 0.25) is 0 Å². The number of ether oxygens (including phenoxy) is 1. The van der Waals surface area contributed by atoms with Crippen LogP contribution in [0.5, 0.6) is 5.75 Å². The highest BCUT2D eigenvalue weighted by Crippen LogP contribution is 2.32. The van der Waals surface area contributed by atoms with Crippen LogP contribution in [-0.2, 0) is 11.2 Å². The molecular formula is C17H26N2O2. The number of hydrogen-bond acceptors (Lipinski definition) is 3. The lowest BCUT2D eigenvalue weighted by molar-refractivity contribution is -0.123. The normalized spacial score (nSPS) is 19.0. The number of amides is 1. The second-order valence-electron chi connectivity index (χ2n) is 6.06. The molecule has 21 heavy (non-hydrogen) atoms. The Hall–Kier alpha value is -1.55. The summed E-state index contributed by atoms with van der Waals surface area (Å²) in [6.45, 7) is 5.88. The van der Waals surface area contributed by atoms with Crippen molar-refractivity contribution in [1.29, 1.82) is 0 Å². The summed E-state index contributed by atoms with van der Waals surface area (Å²) >= 11 is 0. The van der Waals surface area contributed by atoms with E-state index in [4.69, 9.17) is 4.74 Å². The highest BCUT2D eigenvalue weighted by molar-refractivity contribution is 5.81. The SMILES string of the molecule is COc1ccc2c(c1)C(NC(C)C(=O)NC(C)C)CCC2. The van der Waals surface area contributed by atoms with Gasteiger partial charge in [0, 0.05) is 12.1 Å². The standard InChI is InChI=1S/C17H26N2O2/c1-11(2)18-17(20)12(3)19-16-7-5-6-13-8-9-14(21-4)10-15(13)16/h8-12,16,19H,5-7H2,1-4H3,(H,18,20). The van der Waals surface area contributed by atoms with Gasteiger partial charge in [0.25, 0.3) is 0 Å². The van der Waals surface area contributed by atoms with Gasteiger partial charge in [0.2, 0.25) is 5.91 Å². The summed E-state index contributed by atoms with van der Waals surface area (Å²) in [7, 11) is 1.69. The number of methoxy groups -OCH3 is 1. The minimum Gasteiger partial charge on any atom is -0.497 e. The fraction of sp³-hybridized carbons (Fsp3) is 0.588. The zero-order valence-electron chi connectivity index (χ0n) is 13.4. The van der Waals surface area contributed by atoms with Gasteiger partial charge in [-0.15, -0.1) is 0 Å². The summed E-state index contributed by atoms with van der Waals surface area (Å²) < 4.78 is 5.33. The second kappa shape index (κ2) is 6.94. The van der Waals surface area contributed by atoms with Crippen LogP contribution < -0.4 is 15.4 Å². The summed E-state index contributed by atoms with van der Waals surface area (Å²) in [5.41, 5.74) is 2.63. The predicted octanol–water partition coefficient (Wildman–Crippen LogP) is 2.58. The summed E-state index contributed by atoms with van der Waals surface area (Å²) in [4.78, 5) is 12.1. The van der Waals surface area contributed by atoms with Crippen molar-refractivity contribution >= 4 is 5.91 Å². The van der Waals surface area contributed by atoms with E-state index in [2.05, 4.69) is 22.8 Å². The Morgan fingerprint density at radius 2 is 2.10 bits per heavy atom. The highest BCUT2D eigenvalue weighted by atomic mass is 16.5. The molecule has 0 aromatic heterocycles. The fourth-order valence-electron chi connectivity index (χ4n) is 2.86. The Bertz CT molecular complexity index is 500. The van der Waals surface area contributed by atoms with Gasteiger partial charge in [-0.05, 0) is 63.3 Å². The number of rotatable bonds is 5. The Kier molecular flexibility index (Phi) is 5.23. The van der Waals surface area contributed by atoms with Crippen LogP contribution in [0.4, 0.5) is 0 Å². The van der Waals surface area contributed by atoms with Crippen LogP contribution in [0.1, 0.15) is 50.8 Å². The number of aryl methyl sites for hydroxylation is 1. The Morgan fingerprint density at radius 3 is 2.76 bits per heavy atom. The molecule has 116 valence electrons. The topological polar surface area (TPSA) is 50.4 Å². The van der Waals surface area contributed by atoms with Gasteiger partial charge in [-0.3, -0.25) is 10.1 Å². The highest BCUT2D eigenvalue weighted by Gasteiger charge is 2.24. The first-order valence-corrected chi connectivity index (χ1v) is 7.74. The molecule has 1 aliphatic rings. The molecule has 2 N–H and O–H groups in total. The molecule has 2 rings (SSSR count). The van der Waals surface area contributed by atoms with Gasteiger partial charge in [0.05, 0.1) is 13.2 Å². The predicted molar refractivity (Wildman–Crippen MR) is 84.5 cm³/mol. The first-order valence-electron chi connectivity index (χ1n) is 7.74. The van der Waals surface area contributed by atoms with E-state index in [0.29, 0.717) is 0 Å². The van der Waals surface area contributed by atoms with Crippen molar-refractivity contribution in [3.05, 3.63) is 29.3 Å². The first-order chi connectivity index (χ1) is 10.0. The average molecular weight is 290 g/mol. The monoisotopic (exact) mass is 290 g/mol. The third kappa shape index (κ3) is 3.97. The number of carbonyl (C=O) groups excluding carboxylic acids is 1. The Labute approximate surface area is 127 Å². The molecule has 0 fully saturated rings. The van der Waals surface area contributed by atoms with Crippen LogP contribution in [0.3, 0.4) is 0 Å². The van der Waals surface area contributed by atoms with Crippen LogP contribution in [0, 0.1) is 0 Å². The van der Waals surface area contributed by atoms with Crippen molar-refractivity contribution in [2.75, 3.05) is 7.11 Å². The summed E-state index contributed by atoms with van der Waals surface area (Å²) in [5, 5.41) is 6.42. The Morgan fingerprint density at radius 1 is 1.33 bits per heavy atom. The zero-order valence-corrected chi connectivity index (χ0v) is 13.4. The molecule has 0 saturated carbocycles. The van der Waals surface area contributed by atoms with Gasteiger partial charge < -0.3 is 10.1 Å². The maximum absolute atomic E-state index is 12.1. The maximum Gasteiger partial charge on any atom is 0.237 e. The van der Waals surface area contributed by atoms with E-state index in [0.717, 1.165) is 25.0 Å². The molecule has 2 unspecified atom stereocenters. The van der Waals surface area contributed by atoms with Crippen molar-refractivity contribution in [3.63, 3.8) is 0 Å². The van der Waals surface area contributed by atoms with Crippen LogP contribution >= 0.6 is 0 Å². The second-order valence-corrected chi connectivity index (χ2v) is 6.06. The number of benzene rings is 1. The molecule has 0 bridgehead atoms. The largest absolute Gasteiger partial charge is 0.497 e. The van der Waals surface area contributed by atoms with E-state index in [1.165, 1.54) is 11.1 Å². The van der Waals surface area contributed by atoms with Crippen molar-refractivity contribution in [3.8, 4) is 5.75 Å². The van der Waals surface area contributed by atoms with Crippen molar-refractivity contribution < 1.29 is 9.53 Å². The maximum atomic E-state index is 12.1. The van der Waals surface area contributed by atoms with Crippen molar-refractivity contribution in [2.45, 2.75) is 58.2 Å². The van der Waals surface area contributed by atoms with Gasteiger partial charge in [-0.1, -0.05) is 6.07 Å². The van der Waals surface area contributed by atoms with Crippen molar-refractivity contribution in [1.82, 2.24) is 10.6 Å². The molecule has 1 aromatic carbocycles. The molecule has 1 aliphatic carbocycles. The van der Waals surface area contributed by atoms with E-state index in [1.807, 2.05) is 26.8 Å². The molecule has 1 aromatic rings. The van der Waals surface area contributed by atoms with E-state index in [-0.39, 0.29) is 24.0 Å². The lowest BCUT2D eigenvalue weighted by Gasteiger charge is -2.29. The smallest absolute Gasteiger partial charge is 0.237 e. The Balaban J connectivity index is 2.10. The van der Waals surface area contributed by atoms with Crippen LogP contribution in [0.15, 0.2) is 18.2 Å². The van der Waals surface area contributed by atoms with Crippen molar-refractivity contribution in [2.24, 2.45) is 0 Å². The molecule has 0 spiro atoms. The third-order valence-electron chi connectivity index (χ3n) is 3.94. The zero-order chi connectivity index (χ0) is 15.4. The molecule has 4 heteroatoms. The minimum atomic E-state index is -0.199. The average Bonchev–Trinajstić information content (AvgIpc) is 2.46. The summed E-state index contributed by atoms with van der Waals surface area (Å²) in [6.07, 6.45) is 3.30. The molecule has 0 heterocycles. The number of fused-ring (bicyclic) bond motifs is 1. The first kappa shape index (κ1) is 15.8. The van der Waals surface area contributed by atoms with Gasteiger partial charge >= 0.3 is 0 Å². The van der Waals surface area contributed by atoms with Gasteiger partial charge in [-0.2, -0.15) is 0 Å². The summed E-state index contributed by atoms with van der Waals surface area (Å²) in [5.74, 6) is 0.932. The number of carbonyl (C=O) groups is 1. The van der Waals surface area contributed by atoms with Crippen LogP contribution in [0.25, 0.3) is 0 Å². The molecule has 1 amide bonds. The molecule has 0 saturated heterocycles. The van der Waals surface area contributed by atoms with E-state index < -0.39 is 0 Å². The molecule has 0 radical (unpaired) electrons. The molecule has 2 atom stereocenters. The van der Waals surface area contributed by atoms with E-state index in [9.17, 15) is 4.79 Å². The number of nitrogens with one attached hydrogen (secondary N) is 2. The van der Waals surface area contributed by atoms with Crippen LogP contribution in [-0.4, -0.2) is 25.1 Å². The lowest BCUT2D eigenvalue weighted by atomic mass is 9.87. The molecular weight excluding hydrogens is 264 g/mol. The van der Waals surface area contributed by atoms with Gasteiger partial charge in [-0.25, -0.2) is 0 Å². The van der Waals surface area contributed by atoms with E-state index in [1.54, 1.807) is 7.11 Å². The summed E-state index contributed by atoms with van der Waals surface area (Å²) in [6, 6.07) is 6.43. The fourth-order valence-corrected chi connectivity index (χ4v) is 2.86. The third-order valence-corrected chi connectivity index (χ3v) is 3.94. The van der Waals surface area contributed by atoms with Gasteiger partial charge in [0.1, 0.15) is 5.75 Å². The quantitative estimate of drug-likeness (QED) is 0.876. The minimum absolute atomic E-state index is 0.0556.